The lowest BCUT2D eigenvalue weighted by molar-refractivity contribution is -0.274. The van der Waals surface area contributed by atoms with Crippen LogP contribution >= 0.6 is 24.0 Å². The second-order valence-corrected chi connectivity index (χ2v) is 6.77. The van der Waals surface area contributed by atoms with Gasteiger partial charge < -0.3 is 20.3 Å². The minimum Gasteiger partial charge on any atom is -0.405 e. The molecule has 1 aliphatic rings. The van der Waals surface area contributed by atoms with E-state index in [0.717, 1.165) is 12.0 Å². The molecule has 0 saturated heterocycles. The van der Waals surface area contributed by atoms with Crippen molar-refractivity contribution in [1.29, 1.82) is 0 Å². The van der Waals surface area contributed by atoms with Crippen LogP contribution in [-0.2, 0) is 24.3 Å². The number of hydrogen-bond acceptors (Lipinski definition) is 3. The van der Waals surface area contributed by atoms with E-state index in [-0.39, 0.29) is 48.7 Å². The minimum atomic E-state index is -4.77. The Balaban J connectivity index is 0.00000341. The average Bonchev–Trinajstić information content (AvgIpc) is 2.73. The fourth-order valence-electron chi connectivity index (χ4n) is 3.25. The molecule has 0 spiro atoms. The number of ether oxygens (including phenoxy) is 1. The molecule has 2 N–H and O–H groups in total. The van der Waals surface area contributed by atoms with E-state index in [1.165, 1.54) is 30.8 Å². The molecular formula is C21H24F3IN4O2. The highest BCUT2D eigenvalue weighted by molar-refractivity contribution is 14.0. The standard InChI is InChI=1S/C21H23F3N4O2.HI/c1-25-20(26-12-16-7-4-5-9-18(16)30-21(22,23)24)27-13-19(29)28-11-10-15-6-2-3-8-17(15)14-28;/h2-9H,10-14H2,1H3,(H2,25,26,27);1H. The van der Waals surface area contributed by atoms with Crippen molar-refractivity contribution in [2.75, 3.05) is 20.1 Å². The van der Waals surface area contributed by atoms with E-state index < -0.39 is 6.36 Å². The molecule has 1 heterocycles. The molecule has 3 rings (SSSR count). The van der Waals surface area contributed by atoms with E-state index in [2.05, 4.69) is 26.4 Å². The van der Waals surface area contributed by atoms with Gasteiger partial charge in [0.05, 0.1) is 6.54 Å². The van der Waals surface area contributed by atoms with Crippen LogP contribution in [0.15, 0.2) is 53.5 Å². The molecule has 31 heavy (non-hydrogen) atoms. The Morgan fingerprint density at radius 1 is 1.10 bits per heavy atom. The van der Waals surface area contributed by atoms with Crippen molar-refractivity contribution in [2.24, 2.45) is 4.99 Å². The van der Waals surface area contributed by atoms with Gasteiger partial charge in [-0.1, -0.05) is 42.5 Å². The Bertz CT molecular complexity index is 921. The fraction of sp³-hybridized carbons (Fsp3) is 0.333. The summed E-state index contributed by atoms with van der Waals surface area (Å²) >= 11 is 0. The van der Waals surface area contributed by atoms with Crippen LogP contribution < -0.4 is 15.4 Å². The predicted molar refractivity (Wildman–Crippen MR) is 122 cm³/mol. The number of benzene rings is 2. The maximum atomic E-state index is 12.5. The fourth-order valence-corrected chi connectivity index (χ4v) is 3.25. The van der Waals surface area contributed by atoms with E-state index >= 15 is 0 Å². The Morgan fingerprint density at radius 3 is 2.48 bits per heavy atom. The van der Waals surface area contributed by atoms with Gasteiger partial charge in [0.1, 0.15) is 5.75 Å². The number of fused-ring (bicyclic) bond motifs is 1. The number of nitrogens with one attached hydrogen (secondary N) is 2. The van der Waals surface area contributed by atoms with Gasteiger partial charge in [-0.15, -0.1) is 37.1 Å². The molecule has 2 aromatic carbocycles. The summed E-state index contributed by atoms with van der Waals surface area (Å²) in [4.78, 5) is 18.3. The Labute approximate surface area is 195 Å². The molecule has 0 bridgehead atoms. The van der Waals surface area contributed by atoms with Crippen molar-refractivity contribution in [3.05, 3.63) is 65.2 Å². The van der Waals surface area contributed by atoms with Crippen molar-refractivity contribution in [3.8, 4) is 5.75 Å². The number of hydrogen-bond donors (Lipinski definition) is 2. The van der Waals surface area contributed by atoms with Gasteiger partial charge in [0.25, 0.3) is 0 Å². The Hall–Kier alpha value is -2.50. The molecule has 0 fully saturated rings. The van der Waals surface area contributed by atoms with Crippen LogP contribution in [0.2, 0.25) is 0 Å². The zero-order valence-electron chi connectivity index (χ0n) is 16.9. The highest BCUT2D eigenvalue weighted by atomic mass is 127. The molecule has 0 aromatic heterocycles. The summed E-state index contributed by atoms with van der Waals surface area (Å²) < 4.78 is 41.7. The van der Waals surface area contributed by atoms with E-state index in [9.17, 15) is 18.0 Å². The molecular weight excluding hydrogens is 524 g/mol. The highest BCUT2D eigenvalue weighted by Gasteiger charge is 2.32. The molecule has 168 valence electrons. The first-order chi connectivity index (χ1) is 14.4. The number of nitrogens with zero attached hydrogens (tertiary/aromatic N) is 2. The number of alkyl halides is 3. The molecule has 2 aromatic rings. The predicted octanol–water partition coefficient (Wildman–Crippen LogP) is 3.45. The quantitative estimate of drug-likeness (QED) is 0.342. The Morgan fingerprint density at radius 2 is 1.77 bits per heavy atom. The zero-order chi connectivity index (χ0) is 21.6. The normalized spacial score (nSPS) is 13.7. The van der Waals surface area contributed by atoms with Gasteiger partial charge in [-0.25, -0.2) is 0 Å². The van der Waals surface area contributed by atoms with Gasteiger partial charge in [0.2, 0.25) is 5.91 Å². The number of carbonyl (C=O) groups excluding carboxylic acids is 1. The van der Waals surface area contributed by atoms with Gasteiger partial charge in [0, 0.05) is 32.2 Å². The van der Waals surface area contributed by atoms with Crippen LogP contribution in [-0.4, -0.2) is 43.3 Å². The molecule has 0 unspecified atom stereocenters. The maximum absolute atomic E-state index is 12.5. The highest BCUT2D eigenvalue weighted by Crippen LogP contribution is 2.26. The van der Waals surface area contributed by atoms with Gasteiger partial charge in [0.15, 0.2) is 5.96 Å². The molecule has 0 atom stereocenters. The summed E-state index contributed by atoms with van der Waals surface area (Å²) in [5.74, 6) is -0.0492. The van der Waals surface area contributed by atoms with Crippen LogP contribution in [0.3, 0.4) is 0 Å². The first-order valence-electron chi connectivity index (χ1n) is 9.48. The van der Waals surface area contributed by atoms with Crippen LogP contribution in [0.5, 0.6) is 5.75 Å². The van der Waals surface area contributed by atoms with E-state index in [0.29, 0.717) is 24.6 Å². The zero-order valence-corrected chi connectivity index (χ0v) is 19.2. The molecule has 0 saturated carbocycles. The minimum absolute atomic E-state index is 0. The summed E-state index contributed by atoms with van der Waals surface area (Å²) in [6.45, 7) is 1.29. The third-order valence-electron chi connectivity index (χ3n) is 4.76. The summed E-state index contributed by atoms with van der Waals surface area (Å²) in [5, 5.41) is 5.82. The van der Waals surface area contributed by atoms with Gasteiger partial charge in [-0.05, 0) is 23.6 Å². The third-order valence-corrected chi connectivity index (χ3v) is 4.76. The van der Waals surface area contributed by atoms with Crippen LogP contribution in [0.25, 0.3) is 0 Å². The van der Waals surface area contributed by atoms with Gasteiger partial charge in [-0.3, -0.25) is 9.79 Å². The first kappa shape index (κ1) is 24.8. The third kappa shape index (κ3) is 7.30. The monoisotopic (exact) mass is 548 g/mol. The van der Waals surface area contributed by atoms with E-state index in [4.69, 9.17) is 0 Å². The first-order valence-corrected chi connectivity index (χ1v) is 9.48. The van der Waals surface area contributed by atoms with E-state index in [1.807, 2.05) is 18.2 Å². The number of guanidine groups is 1. The Kier molecular flexibility index (Phi) is 8.96. The molecule has 0 radical (unpaired) electrons. The van der Waals surface area contributed by atoms with Gasteiger partial charge in [-0.2, -0.15) is 0 Å². The number of para-hydroxylation sites is 1. The van der Waals surface area contributed by atoms with Gasteiger partial charge >= 0.3 is 6.36 Å². The number of halogens is 4. The van der Waals surface area contributed by atoms with Crippen molar-refractivity contribution in [1.82, 2.24) is 15.5 Å². The second kappa shape index (κ2) is 11.2. The summed E-state index contributed by atoms with van der Waals surface area (Å²) in [5.41, 5.74) is 2.71. The van der Waals surface area contributed by atoms with Crippen molar-refractivity contribution in [2.45, 2.75) is 25.9 Å². The summed E-state index contributed by atoms with van der Waals surface area (Å²) in [7, 11) is 1.52. The SMILES string of the molecule is CN=C(NCC(=O)N1CCc2ccccc2C1)NCc1ccccc1OC(F)(F)F.I. The maximum Gasteiger partial charge on any atom is 0.573 e. The number of aliphatic imine (C=N–C) groups is 1. The number of carbonyl (C=O) groups is 1. The number of rotatable bonds is 5. The molecule has 6 nitrogen and oxygen atoms in total. The van der Waals surface area contributed by atoms with Crippen molar-refractivity contribution in [3.63, 3.8) is 0 Å². The summed E-state index contributed by atoms with van der Waals surface area (Å²) in [6.07, 6.45) is -3.96. The lowest BCUT2D eigenvalue weighted by Crippen LogP contribution is -2.45. The second-order valence-electron chi connectivity index (χ2n) is 6.77. The topological polar surface area (TPSA) is 66.0 Å². The lowest BCUT2D eigenvalue weighted by atomic mass is 10.00. The largest absolute Gasteiger partial charge is 0.573 e. The van der Waals surface area contributed by atoms with Crippen LogP contribution in [0, 0.1) is 0 Å². The molecule has 1 aliphatic heterocycles. The summed E-state index contributed by atoms with van der Waals surface area (Å²) in [6, 6.07) is 13.9. The van der Waals surface area contributed by atoms with Crippen LogP contribution in [0.4, 0.5) is 13.2 Å². The molecule has 10 heteroatoms. The van der Waals surface area contributed by atoms with Crippen molar-refractivity contribution >= 4 is 35.8 Å². The lowest BCUT2D eigenvalue weighted by Gasteiger charge is -2.29. The molecule has 1 amide bonds. The molecule has 0 aliphatic carbocycles. The van der Waals surface area contributed by atoms with Crippen molar-refractivity contribution < 1.29 is 22.7 Å². The van der Waals surface area contributed by atoms with Crippen LogP contribution in [0.1, 0.15) is 16.7 Å². The van der Waals surface area contributed by atoms with E-state index in [1.54, 1.807) is 11.0 Å². The average molecular weight is 548 g/mol. The smallest absolute Gasteiger partial charge is 0.405 e. The number of amides is 1.